The first-order chi connectivity index (χ1) is 20.7. The van der Waals surface area contributed by atoms with Gasteiger partial charge in [0.25, 0.3) is 21.6 Å². The Labute approximate surface area is 255 Å². The average molecular weight is 624 g/mol. The van der Waals surface area contributed by atoms with Crippen molar-refractivity contribution in [2.75, 3.05) is 13.7 Å². The summed E-state index contributed by atoms with van der Waals surface area (Å²) in [7, 11) is -3.47. The molecule has 1 atom stereocenters. The monoisotopic (exact) mass is 623 g/mol. The van der Waals surface area contributed by atoms with E-state index >= 15 is 0 Å². The summed E-state index contributed by atoms with van der Waals surface area (Å²) in [6, 6.07) is 18.0. The van der Waals surface area contributed by atoms with Gasteiger partial charge in [-0.3, -0.25) is 19.7 Å². The lowest BCUT2D eigenvalue weighted by molar-refractivity contribution is -0.384. The molecule has 2 amide bonds. The van der Waals surface area contributed by atoms with Crippen molar-refractivity contribution < 1.29 is 37.2 Å². The van der Waals surface area contributed by atoms with Gasteiger partial charge in [-0.25, -0.2) is 17.5 Å². The van der Waals surface area contributed by atoms with Gasteiger partial charge in [0.05, 0.1) is 9.82 Å². The molecule has 0 unspecified atom stereocenters. The highest BCUT2D eigenvalue weighted by atomic mass is 32.2. The number of hydrogen-bond donors (Lipinski definition) is 1. The molecular formula is C31H33N3O9S. The zero-order chi connectivity index (χ0) is 32.2. The average Bonchev–Trinajstić information content (AvgIpc) is 3.30. The Kier molecular flexibility index (Phi) is 9.38. The van der Waals surface area contributed by atoms with Crippen LogP contribution in [0.15, 0.2) is 77.7 Å². The van der Waals surface area contributed by atoms with Crippen LogP contribution in [0.1, 0.15) is 50.7 Å². The summed E-state index contributed by atoms with van der Waals surface area (Å²) in [5.74, 6) is -1.94. The Morgan fingerprint density at radius 3 is 2.02 bits per heavy atom. The van der Waals surface area contributed by atoms with Crippen LogP contribution in [0, 0.1) is 10.1 Å². The molecule has 3 aromatic rings. The van der Waals surface area contributed by atoms with E-state index in [-0.39, 0.29) is 35.9 Å². The summed E-state index contributed by atoms with van der Waals surface area (Å²) in [6.07, 6.45) is -1.56. The summed E-state index contributed by atoms with van der Waals surface area (Å²) < 4.78 is 37.7. The second kappa shape index (κ2) is 12.8. The van der Waals surface area contributed by atoms with Crippen molar-refractivity contribution in [3.05, 3.63) is 94.0 Å². The molecule has 12 nitrogen and oxygen atoms in total. The number of hydrogen-bond acceptors (Lipinski definition) is 9. The highest BCUT2D eigenvalue weighted by molar-refractivity contribution is 7.89. The van der Waals surface area contributed by atoms with Crippen molar-refractivity contribution in [2.45, 2.75) is 56.1 Å². The number of likely N-dealkylation sites (N-methyl/N-ethyl adjacent to an activating group) is 1. The van der Waals surface area contributed by atoms with Crippen LogP contribution in [0.4, 0.5) is 10.5 Å². The molecule has 0 radical (unpaired) electrons. The first kappa shape index (κ1) is 32.1. The first-order valence-electron chi connectivity index (χ1n) is 13.8. The van der Waals surface area contributed by atoms with Crippen LogP contribution in [0.25, 0.3) is 11.1 Å². The third kappa shape index (κ3) is 7.22. The molecule has 44 heavy (non-hydrogen) atoms. The number of rotatable bonds is 10. The standard InChI is InChI=1S/C31H33N3O9S/c1-31(2,3)43-28(35)18-17-27(29(36)33(4)44(40,41)21-15-13-20(14-16-21)34(38)39)32-30(37)42-19-26-24-11-7-5-9-22(24)23-10-6-8-12-25(23)26/h5-16,26-27H,17-19H2,1-4H3,(H,32,37)/t27-/m0/s1. The zero-order valence-corrected chi connectivity index (χ0v) is 25.5. The molecule has 0 heterocycles. The van der Waals surface area contributed by atoms with E-state index in [1.54, 1.807) is 20.8 Å². The minimum atomic E-state index is -4.47. The molecule has 0 fully saturated rings. The van der Waals surface area contributed by atoms with E-state index < -0.39 is 44.6 Å². The van der Waals surface area contributed by atoms with Gasteiger partial charge in [-0.05, 0) is 61.6 Å². The molecule has 0 aromatic heterocycles. The fraction of sp³-hybridized carbons (Fsp3) is 0.323. The predicted molar refractivity (Wildman–Crippen MR) is 160 cm³/mol. The summed E-state index contributed by atoms with van der Waals surface area (Å²) in [4.78, 5) is 48.8. The van der Waals surface area contributed by atoms with Crippen LogP contribution >= 0.6 is 0 Å². The lowest BCUT2D eigenvalue weighted by Crippen LogP contribution is -2.49. The zero-order valence-electron chi connectivity index (χ0n) is 24.7. The van der Waals surface area contributed by atoms with Crippen LogP contribution in [-0.2, 0) is 29.1 Å². The number of esters is 1. The van der Waals surface area contributed by atoms with Crippen molar-refractivity contribution in [3.8, 4) is 11.1 Å². The van der Waals surface area contributed by atoms with E-state index in [0.717, 1.165) is 53.6 Å². The van der Waals surface area contributed by atoms with Gasteiger partial charge >= 0.3 is 12.1 Å². The summed E-state index contributed by atoms with van der Waals surface area (Å²) in [5, 5.41) is 13.4. The topological polar surface area (TPSA) is 162 Å². The Morgan fingerprint density at radius 2 is 1.50 bits per heavy atom. The number of ether oxygens (including phenoxy) is 2. The number of carbonyl (C=O) groups excluding carboxylic acids is 3. The minimum Gasteiger partial charge on any atom is -0.460 e. The summed E-state index contributed by atoms with van der Waals surface area (Å²) in [5.41, 5.74) is 2.89. The van der Waals surface area contributed by atoms with Crippen molar-refractivity contribution in [1.82, 2.24) is 9.62 Å². The smallest absolute Gasteiger partial charge is 0.407 e. The van der Waals surface area contributed by atoms with Crippen molar-refractivity contribution in [3.63, 3.8) is 0 Å². The maximum atomic E-state index is 13.5. The SMILES string of the molecule is CN(C(=O)[C@H](CCC(=O)OC(C)(C)C)NC(=O)OCC1c2ccccc2-c2ccccc21)S(=O)(=O)c1ccc([N+](=O)[O-])cc1. The number of nitro benzene ring substituents is 1. The molecule has 0 saturated carbocycles. The van der Waals surface area contributed by atoms with E-state index in [2.05, 4.69) is 5.32 Å². The number of benzene rings is 3. The van der Waals surface area contributed by atoms with Crippen LogP contribution < -0.4 is 5.32 Å². The molecule has 1 N–H and O–H groups in total. The molecule has 1 aliphatic carbocycles. The first-order valence-corrected chi connectivity index (χ1v) is 15.2. The lowest BCUT2D eigenvalue weighted by Gasteiger charge is -2.25. The fourth-order valence-electron chi connectivity index (χ4n) is 4.93. The minimum absolute atomic E-state index is 0.0518. The number of fused-ring (bicyclic) bond motifs is 3. The quantitative estimate of drug-likeness (QED) is 0.190. The van der Waals surface area contributed by atoms with E-state index in [9.17, 15) is 32.9 Å². The lowest BCUT2D eigenvalue weighted by atomic mass is 9.98. The summed E-state index contributed by atoms with van der Waals surface area (Å²) >= 11 is 0. The Bertz CT molecular complexity index is 1640. The second-order valence-corrected chi connectivity index (χ2v) is 13.2. The van der Waals surface area contributed by atoms with Gasteiger partial charge in [-0.1, -0.05) is 48.5 Å². The van der Waals surface area contributed by atoms with E-state index in [4.69, 9.17) is 9.47 Å². The third-order valence-corrected chi connectivity index (χ3v) is 8.78. The number of non-ortho nitro benzene ring substituents is 1. The van der Waals surface area contributed by atoms with Gasteiger partial charge in [0.2, 0.25) is 0 Å². The fourth-order valence-corrected chi connectivity index (χ4v) is 6.09. The molecular weight excluding hydrogens is 590 g/mol. The van der Waals surface area contributed by atoms with Crippen LogP contribution in [0.5, 0.6) is 0 Å². The molecule has 13 heteroatoms. The number of nitrogens with one attached hydrogen (secondary N) is 1. The second-order valence-electron chi connectivity index (χ2n) is 11.2. The Balaban J connectivity index is 1.51. The normalized spacial score (nSPS) is 13.3. The molecule has 0 spiro atoms. The van der Waals surface area contributed by atoms with Crippen molar-refractivity contribution >= 4 is 33.7 Å². The Hall–Kier alpha value is -4.78. The molecule has 3 aromatic carbocycles. The van der Waals surface area contributed by atoms with Crippen LogP contribution in [0.3, 0.4) is 0 Å². The van der Waals surface area contributed by atoms with Gasteiger partial charge in [-0.2, -0.15) is 0 Å². The molecule has 0 bridgehead atoms. The Morgan fingerprint density at radius 1 is 0.955 bits per heavy atom. The van der Waals surface area contributed by atoms with Gasteiger partial charge in [0.15, 0.2) is 0 Å². The highest BCUT2D eigenvalue weighted by Gasteiger charge is 2.34. The number of amides is 2. The third-order valence-electron chi connectivity index (χ3n) is 7.01. The van der Waals surface area contributed by atoms with Gasteiger partial charge < -0.3 is 14.8 Å². The van der Waals surface area contributed by atoms with Gasteiger partial charge in [-0.15, -0.1) is 0 Å². The number of nitro groups is 1. The maximum Gasteiger partial charge on any atom is 0.407 e. The van der Waals surface area contributed by atoms with E-state index in [1.807, 2.05) is 48.5 Å². The number of nitrogens with zero attached hydrogens (tertiary/aromatic N) is 2. The van der Waals surface area contributed by atoms with Crippen molar-refractivity contribution in [1.29, 1.82) is 0 Å². The molecule has 0 aliphatic heterocycles. The largest absolute Gasteiger partial charge is 0.460 e. The van der Waals surface area contributed by atoms with Crippen LogP contribution in [-0.4, -0.2) is 60.9 Å². The van der Waals surface area contributed by atoms with Gasteiger partial charge in [0, 0.05) is 31.5 Å². The maximum absolute atomic E-state index is 13.5. The summed E-state index contributed by atoms with van der Waals surface area (Å²) in [6.45, 7) is 4.97. The predicted octanol–water partition coefficient (Wildman–Crippen LogP) is 4.77. The molecule has 0 saturated heterocycles. The van der Waals surface area contributed by atoms with E-state index in [0.29, 0.717) is 4.31 Å². The van der Waals surface area contributed by atoms with Gasteiger partial charge in [0.1, 0.15) is 18.2 Å². The van der Waals surface area contributed by atoms with E-state index in [1.165, 1.54) is 0 Å². The molecule has 1 aliphatic rings. The highest BCUT2D eigenvalue weighted by Crippen LogP contribution is 2.44. The van der Waals surface area contributed by atoms with Crippen molar-refractivity contribution in [2.24, 2.45) is 0 Å². The number of sulfonamides is 1. The number of carbonyl (C=O) groups is 3. The van der Waals surface area contributed by atoms with Crippen LogP contribution in [0.2, 0.25) is 0 Å². The molecule has 232 valence electrons. The number of alkyl carbamates (subject to hydrolysis) is 1. The molecule has 4 rings (SSSR count).